The van der Waals surface area contributed by atoms with Crippen LogP contribution in [0.3, 0.4) is 0 Å². The average Bonchev–Trinajstić information content (AvgIpc) is 2.55. The van der Waals surface area contributed by atoms with Gasteiger partial charge in [0.15, 0.2) is 0 Å². The molecule has 2 N–H and O–H groups in total. The van der Waals surface area contributed by atoms with Gasteiger partial charge in [0.1, 0.15) is 5.84 Å². The van der Waals surface area contributed by atoms with Crippen molar-refractivity contribution in [3.8, 4) is 0 Å². The van der Waals surface area contributed by atoms with Crippen molar-refractivity contribution in [2.24, 2.45) is 4.99 Å². The summed E-state index contributed by atoms with van der Waals surface area (Å²) in [6.45, 7) is 2.66. The Bertz CT molecular complexity index is 592. The van der Waals surface area contributed by atoms with Gasteiger partial charge >= 0.3 is 0 Å². The molecule has 0 saturated carbocycles. The molecule has 0 amide bonds. The number of hydrogen-bond acceptors (Lipinski definition) is 4. The number of amidine groups is 1. The van der Waals surface area contributed by atoms with Crippen LogP contribution in [0.25, 0.3) is 0 Å². The average molecular weight is 266 g/mol. The van der Waals surface area contributed by atoms with Crippen molar-refractivity contribution < 1.29 is 0 Å². The van der Waals surface area contributed by atoms with Crippen LogP contribution >= 0.6 is 0 Å². The number of aliphatic imine (C=N–C) groups is 1. The fourth-order valence-corrected chi connectivity index (χ4v) is 2.26. The summed E-state index contributed by atoms with van der Waals surface area (Å²) in [6.07, 6.45) is 4.78. The van der Waals surface area contributed by atoms with Gasteiger partial charge in [-0.2, -0.15) is 0 Å². The molecule has 102 valence electrons. The molecule has 4 heteroatoms. The van der Waals surface area contributed by atoms with Gasteiger partial charge in [0.2, 0.25) is 0 Å². The first-order chi connectivity index (χ1) is 9.93. The van der Waals surface area contributed by atoms with E-state index in [0.717, 1.165) is 43.1 Å². The minimum atomic E-state index is 0.762. The lowest BCUT2D eigenvalue weighted by atomic mass is 10.1. The second-order valence-electron chi connectivity index (χ2n) is 4.77. The van der Waals surface area contributed by atoms with Crippen molar-refractivity contribution in [1.82, 2.24) is 10.3 Å². The lowest BCUT2D eigenvalue weighted by Gasteiger charge is -2.18. The molecule has 0 bridgehead atoms. The van der Waals surface area contributed by atoms with E-state index in [1.54, 1.807) is 6.20 Å². The number of pyridine rings is 1. The van der Waals surface area contributed by atoms with E-state index >= 15 is 0 Å². The summed E-state index contributed by atoms with van der Waals surface area (Å²) in [5.74, 6) is 0.991. The van der Waals surface area contributed by atoms with Gasteiger partial charge in [-0.3, -0.25) is 9.98 Å². The number of benzene rings is 1. The Hall–Kier alpha value is -2.36. The summed E-state index contributed by atoms with van der Waals surface area (Å²) in [5, 5.41) is 6.84. The fourth-order valence-electron chi connectivity index (χ4n) is 2.26. The van der Waals surface area contributed by atoms with Crippen LogP contribution in [0.1, 0.15) is 17.5 Å². The molecule has 4 nitrogen and oxygen atoms in total. The Labute approximate surface area is 119 Å². The summed E-state index contributed by atoms with van der Waals surface area (Å²) < 4.78 is 0. The van der Waals surface area contributed by atoms with Crippen LogP contribution in [-0.4, -0.2) is 23.9 Å². The van der Waals surface area contributed by atoms with Crippen LogP contribution in [0.2, 0.25) is 0 Å². The Kier molecular flexibility index (Phi) is 3.92. The lowest BCUT2D eigenvalue weighted by Crippen LogP contribution is -2.30. The first-order valence-corrected chi connectivity index (χ1v) is 6.94. The molecule has 20 heavy (non-hydrogen) atoms. The zero-order chi connectivity index (χ0) is 13.6. The largest absolute Gasteiger partial charge is 0.380 e. The molecule has 0 atom stereocenters. The van der Waals surface area contributed by atoms with Gasteiger partial charge in [0.25, 0.3) is 0 Å². The van der Waals surface area contributed by atoms with Crippen LogP contribution in [0.15, 0.2) is 53.8 Å². The fraction of sp³-hybridized carbons (Fsp3) is 0.250. The Morgan fingerprint density at radius 3 is 2.90 bits per heavy atom. The highest BCUT2D eigenvalue weighted by Crippen LogP contribution is 2.17. The molecule has 3 rings (SSSR count). The van der Waals surface area contributed by atoms with Gasteiger partial charge in [-0.25, -0.2) is 0 Å². The molecule has 1 aromatic carbocycles. The Balaban J connectivity index is 1.78. The lowest BCUT2D eigenvalue weighted by molar-refractivity contribution is 0.742. The minimum Gasteiger partial charge on any atom is -0.380 e. The number of para-hydroxylation sites is 1. The molecule has 0 radical (unpaired) electrons. The SMILES string of the molecule is c1cncc(CNc2ccccc2C2=NCCCN2)c1. The highest BCUT2D eigenvalue weighted by Gasteiger charge is 2.10. The summed E-state index contributed by atoms with van der Waals surface area (Å²) in [7, 11) is 0. The van der Waals surface area contributed by atoms with E-state index in [4.69, 9.17) is 0 Å². The van der Waals surface area contributed by atoms with Crippen LogP contribution in [0.5, 0.6) is 0 Å². The summed E-state index contributed by atoms with van der Waals surface area (Å²) in [6, 6.07) is 12.3. The second-order valence-corrected chi connectivity index (χ2v) is 4.77. The number of rotatable bonds is 4. The molecule has 0 unspecified atom stereocenters. The van der Waals surface area contributed by atoms with E-state index in [1.807, 2.05) is 24.4 Å². The van der Waals surface area contributed by atoms with Gasteiger partial charge in [-0.05, 0) is 30.2 Å². The third-order valence-corrected chi connectivity index (χ3v) is 3.29. The summed E-state index contributed by atoms with van der Waals surface area (Å²) in [5.41, 5.74) is 3.40. The molecule has 0 spiro atoms. The molecule has 0 aliphatic carbocycles. The Morgan fingerprint density at radius 1 is 1.15 bits per heavy atom. The Morgan fingerprint density at radius 2 is 2.10 bits per heavy atom. The molecule has 1 aliphatic rings. The van der Waals surface area contributed by atoms with E-state index in [-0.39, 0.29) is 0 Å². The monoisotopic (exact) mass is 266 g/mol. The number of aromatic nitrogens is 1. The molecule has 2 heterocycles. The van der Waals surface area contributed by atoms with Gasteiger partial charge in [0.05, 0.1) is 0 Å². The highest BCUT2D eigenvalue weighted by molar-refractivity contribution is 6.03. The summed E-state index contributed by atoms with van der Waals surface area (Å²) >= 11 is 0. The van der Waals surface area contributed by atoms with Crippen molar-refractivity contribution >= 4 is 11.5 Å². The van der Waals surface area contributed by atoms with Crippen molar-refractivity contribution in [2.45, 2.75) is 13.0 Å². The van der Waals surface area contributed by atoms with Crippen LogP contribution in [0, 0.1) is 0 Å². The second kappa shape index (κ2) is 6.19. The molecule has 1 aromatic heterocycles. The van der Waals surface area contributed by atoms with Crippen LogP contribution in [0.4, 0.5) is 5.69 Å². The summed E-state index contributed by atoms with van der Waals surface area (Å²) in [4.78, 5) is 8.70. The molecule has 2 aromatic rings. The normalized spacial score (nSPS) is 14.3. The van der Waals surface area contributed by atoms with Crippen molar-refractivity contribution in [3.63, 3.8) is 0 Å². The number of nitrogens with one attached hydrogen (secondary N) is 2. The first kappa shape index (κ1) is 12.7. The van der Waals surface area contributed by atoms with Crippen LogP contribution in [-0.2, 0) is 6.54 Å². The third-order valence-electron chi connectivity index (χ3n) is 3.29. The van der Waals surface area contributed by atoms with Crippen molar-refractivity contribution in [3.05, 3.63) is 59.9 Å². The van der Waals surface area contributed by atoms with E-state index in [9.17, 15) is 0 Å². The maximum absolute atomic E-state index is 4.57. The van der Waals surface area contributed by atoms with E-state index in [2.05, 4.69) is 38.8 Å². The van der Waals surface area contributed by atoms with Gasteiger partial charge in [0, 0.05) is 43.3 Å². The topological polar surface area (TPSA) is 49.3 Å². The maximum atomic E-state index is 4.57. The molecular formula is C16H18N4. The van der Waals surface area contributed by atoms with Crippen LogP contribution < -0.4 is 10.6 Å². The third kappa shape index (κ3) is 2.96. The molecule has 0 saturated heterocycles. The predicted octanol–water partition coefficient (Wildman–Crippen LogP) is 2.43. The number of anilines is 1. The van der Waals surface area contributed by atoms with E-state index in [0.29, 0.717) is 0 Å². The molecule has 0 fully saturated rings. The van der Waals surface area contributed by atoms with E-state index in [1.165, 1.54) is 5.56 Å². The predicted molar refractivity (Wildman–Crippen MR) is 82.0 cm³/mol. The number of hydrogen-bond donors (Lipinski definition) is 2. The zero-order valence-electron chi connectivity index (χ0n) is 11.3. The first-order valence-electron chi connectivity index (χ1n) is 6.94. The standard InChI is InChI=1S/C16H18N4/c1-2-7-15(20-12-13-5-3-8-17-11-13)14(6-1)16-18-9-4-10-19-16/h1-3,5-8,11,20H,4,9-10,12H2,(H,18,19). The van der Waals surface area contributed by atoms with Gasteiger partial charge in [-0.1, -0.05) is 18.2 Å². The molecular weight excluding hydrogens is 248 g/mol. The zero-order valence-corrected chi connectivity index (χ0v) is 11.3. The van der Waals surface area contributed by atoms with Gasteiger partial charge < -0.3 is 10.6 Å². The highest BCUT2D eigenvalue weighted by atomic mass is 15.0. The van der Waals surface area contributed by atoms with Crippen molar-refractivity contribution in [2.75, 3.05) is 18.4 Å². The number of nitrogens with zero attached hydrogens (tertiary/aromatic N) is 2. The smallest absolute Gasteiger partial charge is 0.130 e. The minimum absolute atomic E-state index is 0.762. The quantitative estimate of drug-likeness (QED) is 0.893. The van der Waals surface area contributed by atoms with E-state index < -0.39 is 0 Å². The molecule has 1 aliphatic heterocycles. The van der Waals surface area contributed by atoms with Crippen molar-refractivity contribution in [1.29, 1.82) is 0 Å². The van der Waals surface area contributed by atoms with Gasteiger partial charge in [-0.15, -0.1) is 0 Å². The maximum Gasteiger partial charge on any atom is 0.130 e.